The highest BCUT2D eigenvalue weighted by molar-refractivity contribution is 6.28. The van der Waals surface area contributed by atoms with Gasteiger partial charge in [0.2, 0.25) is 11.2 Å². The van der Waals surface area contributed by atoms with Crippen LogP contribution in [0.2, 0.25) is 5.28 Å². The first-order valence-electron chi connectivity index (χ1n) is 6.49. The van der Waals surface area contributed by atoms with Gasteiger partial charge in [-0.05, 0) is 36.8 Å². The molecule has 1 atom stereocenters. The minimum Gasteiger partial charge on any atom is -0.340 e. The van der Waals surface area contributed by atoms with Crippen molar-refractivity contribution in [3.63, 3.8) is 0 Å². The third kappa shape index (κ3) is 2.06. The zero-order chi connectivity index (χ0) is 13.8. The summed E-state index contributed by atoms with van der Waals surface area (Å²) in [6, 6.07) is 0.125. The smallest absolute Gasteiger partial charge is 0.246 e. The van der Waals surface area contributed by atoms with Gasteiger partial charge in [-0.2, -0.15) is 4.98 Å². The van der Waals surface area contributed by atoms with E-state index >= 15 is 0 Å². The third-order valence-corrected chi connectivity index (χ3v) is 4.19. The van der Waals surface area contributed by atoms with Gasteiger partial charge in [0.05, 0.1) is 6.20 Å². The summed E-state index contributed by atoms with van der Waals surface area (Å²) in [5.74, 6) is 0.732. The molecule has 0 spiro atoms. The van der Waals surface area contributed by atoms with Gasteiger partial charge in [0.25, 0.3) is 0 Å². The van der Waals surface area contributed by atoms with Crippen molar-refractivity contribution < 1.29 is 4.79 Å². The first-order chi connectivity index (χ1) is 8.87. The summed E-state index contributed by atoms with van der Waals surface area (Å²) in [6.07, 6.45) is 3.70. The molecule has 3 rings (SSSR count). The standard InChI is InChI=1S/C13H17ClN4O/c1-7-11(19)16-9-6-15-12(14)17-10(9)18(7)8-4-13(2,3)5-8/h6-8H,4-5H2,1-3H3,(H,16,19). The summed E-state index contributed by atoms with van der Waals surface area (Å²) in [5, 5.41) is 3.04. The topological polar surface area (TPSA) is 58.1 Å². The second kappa shape index (κ2) is 4.07. The van der Waals surface area contributed by atoms with E-state index in [0.717, 1.165) is 18.7 Å². The predicted molar refractivity (Wildman–Crippen MR) is 74.4 cm³/mol. The molecule has 5 nitrogen and oxygen atoms in total. The molecule has 102 valence electrons. The van der Waals surface area contributed by atoms with Crippen molar-refractivity contribution in [3.05, 3.63) is 11.5 Å². The molecule has 19 heavy (non-hydrogen) atoms. The predicted octanol–water partition coefficient (Wildman–Crippen LogP) is 2.47. The summed E-state index contributed by atoms with van der Waals surface area (Å²) in [6.45, 7) is 6.39. The molecular weight excluding hydrogens is 264 g/mol. The molecule has 2 heterocycles. The van der Waals surface area contributed by atoms with Crippen molar-refractivity contribution >= 4 is 29.0 Å². The first kappa shape index (κ1) is 12.7. The van der Waals surface area contributed by atoms with E-state index in [2.05, 4.69) is 34.0 Å². The van der Waals surface area contributed by atoms with E-state index in [1.54, 1.807) is 6.20 Å². The molecule has 1 unspecified atom stereocenters. The molecule has 1 aromatic heterocycles. The average Bonchev–Trinajstić information content (AvgIpc) is 2.29. The maximum atomic E-state index is 12.0. The molecule has 1 N–H and O–H groups in total. The van der Waals surface area contributed by atoms with Crippen LogP contribution in [0.5, 0.6) is 0 Å². The van der Waals surface area contributed by atoms with Crippen LogP contribution in [0.1, 0.15) is 33.6 Å². The van der Waals surface area contributed by atoms with E-state index in [4.69, 9.17) is 11.6 Å². The number of rotatable bonds is 1. The van der Waals surface area contributed by atoms with E-state index < -0.39 is 0 Å². The number of hydrogen-bond donors (Lipinski definition) is 1. The Bertz CT molecular complexity index is 537. The largest absolute Gasteiger partial charge is 0.340 e. The van der Waals surface area contributed by atoms with Crippen molar-refractivity contribution in [1.29, 1.82) is 0 Å². The number of halogens is 1. The van der Waals surface area contributed by atoms with Crippen LogP contribution < -0.4 is 10.2 Å². The van der Waals surface area contributed by atoms with Crippen LogP contribution in [0.15, 0.2) is 6.20 Å². The lowest BCUT2D eigenvalue weighted by atomic mass is 9.67. The zero-order valence-electron chi connectivity index (χ0n) is 11.3. The Morgan fingerprint density at radius 3 is 2.79 bits per heavy atom. The highest BCUT2D eigenvalue weighted by Gasteiger charge is 2.45. The quantitative estimate of drug-likeness (QED) is 0.803. The van der Waals surface area contributed by atoms with Crippen LogP contribution >= 0.6 is 11.6 Å². The first-order valence-corrected chi connectivity index (χ1v) is 6.87. The Morgan fingerprint density at radius 2 is 2.16 bits per heavy atom. The van der Waals surface area contributed by atoms with Crippen LogP contribution in [-0.4, -0.2) is 28.0 Å². The molecule has 0 bridgehead atoms. The Hall–Kier alpha value is -1.36. The fourth-order valence-electron chi connectivity index (χ4n) is 3.09. The number of hydrogen-bond acceptors (Lipinski definition) is 4. The lowest BCUT2D eigenvalue weighted by molar-refractivity contribution is -0.117. The molecule has 6 heteroatoms. The van der Waals surface area contributed by atoms with E-state index in [-0.39, 0.29) is 17.2 Å². The van der Waals surface area contributed by atoms with Gasteiger partial charge in [0.15, 0.2) is 5.82 Å². The normalized spacial score (nSPS) is 25.6. The summed E-state index contributed by atoms with van der Waals surface area (Å²) in [4.78, 5) is 22.3. The SMILES string of the molecule is CC1C(=O)Nc2cnc(Cl)nc2N1C1CC(C)(C)C1. The van der Waals surface area contributed by atoms with Crippen molar-refractivity contribution in [2.24, 2.45) is 5.41 Å². The van der Waals surface area contributed by atoms with Crippen molar-refractivity contribution in [3.8, 4) is 0 Å². The third-order valence-electron chi connectivity index (χ3n) is 4.01. The van der Waals surface area contributed by atoms with Crippen LogP contribution in [-0.2, 0) is 4.79 Å². The molecular formula is C13H17ClN4O. The Kier molecular flexibility index (Phi) is 2.71. The summed E-state index contributed by atoms with van der Waals surface area (Å²) < 4.78 is 0. The van der Waals surface area contributed by atoms with E-state index in [1.807, 2.05) is 6.92 Å². The van der Waals surface area contributed by atoms with Gasteiger partial charge in [0, 0.05) is 6.04 Å². The van der Waals surface area contributed by atoms with E-state index in [1.165, 1.54) is 0 Å². The number of aromatic nitrogens is 2. The number of fused-ring (bicyclic) bond motifs is 1. The maximum absolute atomic E-state index is 12.0. The second-order valence-corrected chi connectivity index (χ2v) is 6.51. The monoisotopic (exact) mass is 280 g/mol. The van der Waals surface area contributed by atoms with Gasteiger partial charge in [-0.25, -0.2) is 4.98 Å². The molecule has 1 aromatic rings. The van der Waals surface area contributed by atoms with Crippen LogP contribution in [0.4, 0.5) is 11.5 Å². The Labute approximate surface area is 117 Å². The van der Waals surface area contributed by atoms with Gasteiger partial charge in [-0.3, -0.25) is 4.79 Å². The molecule has 1 aliphatic heterocycles. The average molecular weight is 281 g/mol. The van der Waals surface area contributed by atoms with E-state index in [0.29, 0.717) is 17.1 Å². The fourth-order valence-corrected chi connectivity index (χ4v) is 3.21. The molecule has 1 amide bonds. The van der Waals surface area contributed by atoms with Crippen LogP contribution in [0.25, 0.3) is 0 Å². The highest BCUT2D eigenvalue weighted by Crippen LogP contribution is 2.46. The minimum atomic E-state index is -0.223. The minimum absolute atomic E-state index is 0.0110. The number of nitrogens with one attached hydrogen (secondary N) is 1. The van der Waals surface area contributed by atoms with Crippen molar-refractivity contribution in [1.82, 2.24) is 9.97 Å². The van der Waals surface area contributed by atoms with Gasteiger partial charge < -0.3 is 10.2 Å². The summed E-state index contributed by atoms with van der Waals surface area (Å²) in [5.41, 5.74) is 0.993. The maximum Gasteiger partial charge on any atom is 0.246 e. The molecule has 2 aliphatic rings. The molecule has 1 aliphatic carbocycles. The number of nitrogens with zero attached hydrogens (tertiary/aromatic N) is 3. The molecule has 1 saturated carbocycles. The number of carbonyl (C=O) groups is 1. The summed E-state index contributed by atoms with van der Waals surface area (Å²) >= 11 is 5.89. The molecule has 1 fully saturated rings. The highest BCUT2D eigenvalue weighted by atomic mass is 35.5. The fraction of sp³-hybridized carbons (Fsp3) is 0.615. The Balaban J connectivity index is 1.98. The number of amides is 1. The van der Waals surface area contributed by atoms with E-state index in [9.17, 15) is 4.79 Å². The van der Waals surface area contributed by atoms with Crippen LogP contribution in [0, 0.1) is 5.41 Å². The van der Waals surface area contributed by atoms with Gasteiger partial charge in [-0.1, -0.05) is 13.8 Å². The zero-order valence-corrected chi connectivity index (χ0v) is 12.0. The van der Waals surface area contributed by atoms with Gasteiger partial charge in [-0.15, -0.1) is 0 Å². The Morgan fingerprint density at radius 1 is 1.47 bits per heavy atom. The number of carbonyl (C=O) groups excluding carboxylic acids is 1. The second-order valence-electron chi connectivity index (χ2n) is 6.18. The molecule has 0 aromatic carbocycles. The number of anilines is 2. The van der Waals surface area contributed by atoms with Crippen LogP contribution in [0.3, 0.4) is 0 Å². The lowest BCUT2D eigenvalue weighted by Gasteiger charge is -2.51. The molecule has 0 radical (unpaired) electrons. The van der Waals surface area contributed by atoms with Crippen molar-refractivity contribution in [2.75, 3.05) is 10.2 Å². The van der Waals surface area contributed by atoms with Gasteiger partial charge in [0.1, 0.15) is 11.7 Å². The summed E-state index contributed by atoms with van der Waals surface area (Å²) in [7, 11) is 0. The lowest BCUT2D eigenvalue weighted by Crippen LogP contribution is -2.57. The molecule has 0 saturated heterocycles. The van der Waals surface area contributed by atoms with Crippen molar-refractivity contribution in [2.45, 2.75) is 45.7 Å². The van der Waals surface area contributed by atoms with Gasteiger partial charge >= 0.3 is 0 Å².